The lowest BCUT2D eigenvalue weighted by atomic mass is 10.1. The molecule has 5 nitrogen and oxygen atoms in total. The Bertz CT molecular complexity index is 1090. The van der Waals surface area contributed by atoms with Crippen molar-refractivity contribution < 1.29 is 0 Å². The number of rotatable bonds is 3. The van der Waals surface area contributed by atoms with Crippen LogP contribution in [-0.4, -0.2) is 19.3 Å². The molecule has 25 heavy (non-hydrogen) atoms. The van der Waals surface area contributed by atoms with Crippen molar-refractivity contribution in [3.8, 4) is 5.69 Å². The molecule has 0 bridgehead atoms. The summed E-state index contributed by atoms with van der Waals surface area (Å²) in [6.45, 7) is 4.59. The van der Waals surface area contributed by atoms with E-state index in [0.29, 0.717) is 17.6 Å². The van der Waals surface area contributed by atoms with Crippen LogP contribution in [0.3, 0.4) is 0 Å². The third kappa shape index (κ3) is 2.85. The second-order valence-corrected chi connectivity index (χ2v) is 6.30. The summed E-state index contributed by atoms with van der Waals surface area (Å²) in [7, 11) is 0. The van der Waals surface area contributed by atoms with Crippen molar-refractivity contribution in [1.82, 2.24) is 19.3 Å². The molecule has 2 aromatic carbocycles. The van der Waals surface area contributed by atoms with Crippen LogP contribution in [0.15, 0.2) is 65.8 Å². The van der Waals surface area contributed by atoms with E-state index in [9.17, 15) is 4.79 Å². The van der Waals surface area contributed by atoms with E-state index in [0.717, 1.165) is 22.4 Å². The number of aromatic nitrogens is 4. The largest absolute Gasteiger partial charge is 0.294 e. The zero-order valence-corrected chi connectivity index (χ0v) is 14.2. The molecule has 0 N–H and O–H groups in total. The van der Waals surface area contributed by atoms with E-state index in [1.807, 2.05) is 56.3 Å². The Kier molecular flexibility index (Phi) is 3.69. The average molecular weight is 330 g/mol. The topological polar surface area (TPSA) is 52.7 Å². The van der Waals surface area contributed by atoms with Gasteiger partial charge in [0.05, 0.1) is 18.4 Å². The molecule has 0 saturated carbocycles. The summed E-state index contributed by atoms with van der Waals surface area (Å²) in [5.74, 6) is 0. The Hall–Kier alpha value is -3.21. The molecule has 0 aliphatic carbocycles. The monoisotopic (exact) mass is 330 g/mol. The normalized spacial score (nSPS) is 11.1. The van der Waals surface area contributed by atoms with Crippen molar-refractivity contribution in [3.05, 3.63) is 88.1 Å². The number of hydrogen-bond acceptors (Lipinski definition) is 3. The summed E-state index contributed by atoms with van der Waals surface area (Å²) in [5.41, 5.74) is 4.78. The van der Waals surface area contributed by atoms with Gasteiger partial charge in [-0.3, -0.25) is 9.36 Å². The SMILES string of the molecule is Cc1cc(C)cc(-n2ncc3c(=O)n(Cc4ccccc4)cnc32)c1. The van der Waals surface area contributed by atoms with Gasteiger partial charge in [0.1, 0.15) is 11.7 Å². The van der Waals surface area contributed by atoms with Gasteiger partial charge in [-0.2, -0.15) is 5.10 Å². The Morgan fingerprint density at radius 1 is 1.00 bits per heavy atom. The molecule has 0 spiro atoms. The van der Waals surface area contributed by atoms with Crippen molar-refractivity contribution in [1.29, 1.82) is 0 Å². The number of hydrogen-bond donors (Lipinski definition) is 0. The quantitative estimate of drug-likeness (QED) is 0.579. The molecule has 0 unspecified atom stereocenters. The minimum Gasteiger partial charge on any atom is -0.294 e. The number of aryl methyl sites for hydroxylation is 2. The van der Waals surface area contributed by atoms with Crippen LogP contribution in [-0.2, 0) is 6.54 Å². The van der Waals surface area contributed by atoms with Crippen LogP contribution in [0.25, 0.3) is 16.7 Å². The van der Waals surface area contributed by atoms with Crippen molar-refractivity contribution in [2.24, 2.45) is 0 Å². The summed E-state index contributed by atoms with van der Waals surface area (Å²) in [6, 6.07) is 16.1. The summed E-state index contributed by atoms with van der Waals surface area (Å²) >= 11 is 0. The highest BCUT2D eigenvalue weighted by atomic mass is 16.1. The molecule has 4 aromatic rings. The molecule has 2 aromatic heterocycles. The lowest BCUT2D eigenvalue weighted by molar-refractivity contribution is 0.745. The first-order valence-corrected chi connectivity index (χ1v) is 8.17. The minimum absolute atomic E-state index is 0.0792. The fourth-order valence-corrected chi connectivity index (χ4v) is 3.10. The first kappa shape index (κ1) is 15.3. The van der Waals surface area contributed by atoms with Gasteiger partial charge < -0.3 is 0 Å². The number of fused-ring (bicyclic) bond motifs is 1. The smallest absolute Gasteiger partial charge is 0.264 e. The van der Waals surface area contributed by atoms with E-state index in [1.54, 1.807) is 21.8 Å². The maximum absolute atomic E-state index is 12.8. The molecule has 0 saturated heterocycles. The van der Waals surface area contributed by atoms with Gasteiger partial charge in [-0.1, -0.05) is 36.4 Å². The van der Waals surface area contributed by atoms with Crippen LogP contribution in [0, 0.1) is 13.8 Å². The predicted molar refractivity (Wildman–Crippen MR) is 98.1 cm³/mol. The zero-order chi connectivity index (χ0) is 17.4. The fraction of sp³-hybridized carbons (Fsp3) is 0.150. The molecule has 0 aliphatic heterocycles. The second-order valence-electron chi connectivity index (χ2n) is 6.30. The summed E-state index contributed by atoms with van der Waals surface area (Å²) in [4.78, 5) is 17.3. The van der Waals surface area contributed by atoms with Crippen LogP contribution in [0.1, 0.15) is 16.7 Å². The highest BCUT2D eigenvalue weighted by molar-refractivity contribution is 5.75. The van der Waals surface area contributed by atoms with Gasteiger partial charge in [0.15, 0.2) is 5.65 Å². The highest BCUT2D eigenvalue weighted by Crippen LogP contribution is 2.17. The molecule has 2 heterocycles. The molecule has 0 amide bonds. The van der Waals surface area contributed by atoms with Gasteiger partial charge in [-0.05, 0) is 42.7 Å². The molecule has 0 aliphatic rings. The Balaban J connectivity index is 1.81. The van der Waals surface area contributed by atoms with Crippen LogP contribution >= 0.6 is 0 Å². The van der Waals surface area contributed by atoms with Crippen LogP contribution in [0.5, 0.6) is 0 Å². The van der Waals surface area contributed by atoms with Gasteiger partial charge in [0.25, 0.3) is 5.56 Å². The molecule has 0 atom stereocenters. The maximum Gasteiger partial charge on any atom is 0.264 e. The Labute approximate surface area is 145 Å². The van der Waals surface area contributed by atoms with Gasteiger partial charge in [0.2, 0.25) is 0 Å². The zero-order valence-electron chi connectivity index (χ0n) is 14.2. The lowest BCUT2D eigenvalue weighted by Crippen LogP contribution is -2.21. The van der Waals surface area contributed by atoms with E-state index in [4.69, 9.17) is 0 Å². The van der Waals surface area contributed by atoms with Crippen LogP contribution in [0.2, 0.25) is 0 Å². The van der Waals surface area contributed by atoms with Gasteiger partial charge >= 0.3 is 0 Å². The Morgan fingerprint density at radius 2 is 1.72 bits per heavy atom. The van der Waals surface area contributed by atoms with Gasteiger partial charge in [0, 0.05) is 0 Å². The van der Waals surface area contributed by atoms with E-state index < -0.39 is 0 Å². The predicted octanol–water partition coefficient (Wildman–Crippen LogP) is 3.25. The van der Waals surface area contributed by atoms with E-state index >= 15 is 0 Å². The van der Waals surface area contributed by atoms with E-state index in [-0.39, 0.29) is 5.56 Å². The molecule has 0 fully saturated rings. The van der Waals surface area contributed by atoms with Crippen LogP contribution < -0.4 is 5.56 Å². The molecule has 5 heteroatoms. The Morgan fingerprint density at radius 3 is 2.44 bits per heavy atom. The first-order valence-electron chi connectivity index (χ1n) is 8.17. The van der Waals surface area contributed by atoms with Crippen molar-refractivity contribution in [2.75, 3.05) is 0 Å². The molecule has 124 valence electrons. The lowest BCUT2D eigenvalue weighted by Gasteiger charge is -2.08. The van der Waals surface area contributed by atoms with Crippen molar-refractivity contribution in [2.45, 2.75) is 20.4 Å². The number of benzene rings is 2. The molecular weight excluding hydrogens is 312 g/mol. The summed E-state index contributed by atoms with van der Waals surface area (Å²) in [5, 5.41) is 4.92. The maximum atomic E-state index is 12.8. The molecule has 0 radical (unpaired) electrons. The standard InChI is InChI=1S/C20H18N4O/c1-14-8-15(2)10-17(9-14)24-19-18(11-22-24)20(25)23(13-21-19)12-16-6-4-3-5-7-16/h3-11,13H,12H2,1-2H3. The van der Waals surface area contributed by atoms with Gasteiger partial charge in [-0.25, -0.2) is 9.67 Å². The molecular formula is C20H18N4O. The minimum atomic E-state index is -0.0792. The van der Waals surface area contributed by atoms with Crippen LogP contribution in [0.4, 0.5) is 0 Å². The average Bonchev–Trinajstić information content (AvgIpc) is 3.02. The molecule has 4 rings (SSSR count). The van der Waals surface area contributed by atoms with Gasteiger partial charge in [-0.15, -0.1) is 0 Å². The van der Waals surface area contributed by atoms with Crippen molar-refractivity contribution >= 4 is 11.0 Å². The third-order valence-electron chi connectivity index (χ3n) is 4.20. The number of nitrogens with zero attached hydrogens (tertiary/aromatic N) is 4. The first-order chi connectivity index (χ1) is 12.1. The van der Waals surface area contributed by atoms with E-state index in [1.165, 1.54) is 0 Å². The van der Waals surface area contributed by atoms with E-state index in [2.05, 4.69) is 16.1 Å². The highest BCUT2D eigenvalue weighted by Gasteiger charge is 2.12. The summed E-state index contributed by atoms with van der Waals surface area (Å²) in [6.07, 6.45) is 3.20. The van der Waals surface area contributed by atoms with Crippen molar-refractivity contribution in [3.63, 3.8) is 0 Å². The summed E-state index contributed by atoms with van der Waals surface area (Å²) < 4.78 is 3.34. The second kappa shape index (κ2) is 6.02. The third-order valence-corrected chi connectivity index (χ3v) is 4.20. The fourth-order valence-electron chi connectivity index (χ4n) is 3.10.